The lowest BCUT2D eigenvalue weighted by Crippen LogP contribution is -2.50. The number of hydrogen-bond acceptors (Lipinski definition) is 3. The zero-order chi connectivity index (χ0) is 11.5. The topological polar surface area (TPSA) is 69.6 Å². The number of carbonyl (C=O) groups excluding carboxylic acids is 1. The van der Waals surface area contributed by atoms with Gasteiger partial charge in [-0.05, 0) is 32.2 Å². The molecule has 2 N–H and O–H groups in total. The predicted molar refractivity (Wildman–Crippen MR) is 58.0 cm³/mol. The van der Waals surface area contributed by atoms with Crippen LogP contribution in [0.1, 0.15) is 25.7 Å². The van der Waals surface area contributed by atoms with Crippen molar-refractivity contribution in [3.05, 3.63) is 0 Å². The quantitative estimate of drug-likeness (QED) is 0.698. The van der Waals surface area contributed by atoms with Crippen LogP contribution in [-0.2, 0) is 9.59 Å². The smallest absolute Gasteiger partial charge is 0.326 e. The summed E-state index contributed by atoms with van der Waals surface area (Å²) in [6.45, 7) is 2.16. The molecule has 2 unspecified atom stereocenters. The lowest BCUT2D eigenvalue weighted by molar-refractivity contribution is -0.153. The molecular formula is C11H18N2O3. The Labute approximate surface area is 94.8 Å². The molecule has 90 valence electrons. The van der Waals surface area contributed by atoms with Crippen molar-refractivity contribution in [3.63, 3.8) is 0 Å². The van der Waals surface area contributed by atoms with Gasteiger partial charge in [0.25, 0.3) is 0 Å². The molecule has 16 heavy (non-hydrogen) atoms. The number of aliphatic carboxylic acids is 1. The molecule has 2 rings (SSSR count). The van der Waals surface area contributed by atoms with Crippen LogP contribution in [-0.4, -0.2) is 47.6 Å². The Morgan fingerprint density at radius 3 is 2.69 bits per heavy atom. The molecule has 1 amide bonds. The number of nitrogens with one attached hydrogen (secondary N) is 1. The molecule has 2 heterocycles. The van der Waals surface area contributed by atoms with Crippen molar-refractivity contribution in [3.8, 4) is 0 Å². The van der Waals surface area contributed by atoms with Gasteiger partial charge in [0.05, 0.1) is 5.92 Å². The number of carboxylic acids is 1. The van der Waals surface area contributed by atoms with E-state index in [-0.39, 0.29) is 11.8 Å². The Balaban J connectivity index is 2.04. The monoisotopic (exact) mass is 226 g/mol. The second-order valence-electron chi connectivity index (χ2n) is 4.57. The summed E-state index contributed by atoms with van der Waals surface area (Å²) in [5.74, 6) is -0.851. The zero-order valence-corrected chi connectivity index (χ0v) is 9.32. The molecule has 0 spiro atoms. The summed E-state index contributed by atoms with van der Waals surface area (Å²) in [6.07, 6.45) is 3.27. The third-order valence-corrected chi connectivity index (χ3v) is 3.48. The molecule has 2 aliphatic heterocycles. The van der Waals surface area contributed by atoms with Crippen molar-refractivity contribution in [1.29, 1.82) is 0 Å². The molecule has 5 heteroatoms. The standard InChI is InChI=1S/C11H18N2O3/c14-10(8-4-5-12-7-8)13-6-2-1-3-9(13)11(15)16/h8-9,12H,1-7H2,(H,15,16). The van der Waals surface area contributed by atoms with Gasteiger partial charge in [-0.2, -0.15) is 0 Å². The molecule has 0 aromatic rings. The maximum atomic E-state index is 12.1. The van der Waals surface area contributed by atoms with E-state index in [0.717, 1.165) is 25.8 Å². The summed E-state index contributed by atoms with van der Waals surface area (Å²) < 4.78 is 0. The first-order valence-electron chi connectivity index (χ1n) is 5.94. The fourth-order valence-corrected chi connectivity index (χ4v) is 2.55. The van der Waals surface area contributed by atoms with E-state index in [9.17, 15) is 9.59 Å². The van der Waals surface area contributed by atoms with Gasteiger partial charge in [-0.3, -0.25) is 4.79 Å². The fourth-order valence-electron chi connectivity index (χ4n) is 2.55. The van der Waals surface area contributed by atoms with Crippen molar-refractivity contribution in [2.45, 2.75) is 31.7 Å². The lowest BCUT2D eigenvalue weighted by Gasteiger charge is -2.34. The van der Waals surface area contributed by atoms with Crippen LogP contribution in [0.3, 0.4) is 0 Å². The van der Waals surface area contributed by atoms with Gasteiger partial charge >= 0.3 is 5.97 Å². The highest BCUT2D eigenvalue weighted by molar-refractivity contribution is 5.85. The SMILES string of the molecule is O=C(O)C1CCCCN1C(=O)C1CCNC1. The molecule has 0 aliphatic carbocycles. The molecule has 2 fully saturated rings. The van der Waals surface area contributed by atoms with Gasteiger partial charge in [-0.15, -0.1) is 0 Å². The molecule has 0 radical (unpaired) electrons. The summed E-state index contributed by atoms with van der Waals surface area (Å²) in [7, 11) is 0. The van der Waals surface area contributed by atoms with E-state index in [4.69, 9.17) is 5.11 Å². The molecule has 2 atom stereocenters. The third kappa shape index (κ3) is 2.19. The van der Waals surface area contributed by atoms with Crippen molar-refractivity contribution < 1.29 is 14.7 Å². The van der Waals surface area contributed by atoms with Crippen molar-refractivity contribution in [1.82, 2.24) is 10.2 Å². The van der Waals surface area contributed by atoms with E-state index in [1.807, 2.05) is 0 Å². The van der Waals surface area contributed by atoms with Gasteiger partial charge in [0.1, 0.15) is 6.04 Å². The molecule has 0 aromatic carbocycles. The Hall–Kier alpha value is -1.10. The summed E-state index contributed by atoms with van der Waals surface area (Å²) in [6, 6.07) is -0.596. The van der Waals surface area contributed by atoms with Crippen LogP contribution in [0, 0.1) is 5.92 Å². The molecule has 2 aliphatic rings. The zero-order valence-electron chi connectivity index (χ0n) is 9.32. The minimum Gasteiger partial charge on any atom is -0.480 e. The number of nitrogens with zero attached hydrogens (tertiary/aromatic N) is 1. The predicted octanol–water partition coefficient (Wildman–Crippen LogP) is 0.0616. The van der Waals surface area contributed by atoms with Gasteiger partial charge in [-0.25, -0.2) is 4.79 Å². The molecular weight excluding hydrogens is 208 g/mol. The summed E-state index contributed by atoms with van der Waals surface area (Å²) in [5.41, 5.74) is 0. The van der Waals surface area contributed by atoms with Gasteiger partial charge in [-0.1, -0.05) is 0 Å². The molecule has 0 bridgehead atoms. The highest BCUT2D eigenvalue weighted by Crippen LogP contribution is 2.21. The van der Waals surface area contributed by atoms with E-state index >= 15 is 0 Å². The van der Waals surface area contributed by atoms with E-state index < -0.39 is 12.0 Å². The average Bonchev–Trinajstić information content (AvgIpc) is 2.81. The average molecular weight is 226 g/mol. The van der Waals surface area contributed by atoms with Crippen LogP contribution in [0.15, 0.2) is 0 Å². The number of rotatable bonds is 2. The lowest BCUT2D eigenvalue weighted by atomic mass is 9.98. The normalized spacial score (nSPS) is 30.4. The summed E-state index contributed by atoms with van der Waals surface area (Å²) in [4.78, 5) is 24.8. The Morgan fingerprint density at radius 2 is 2.06 bits per heavy atom. The fraction of sp³-hybridized carbons (Fsp3) is 0.818. The van der Waals surface area contributed by atoms with Crippen LogP contribution in [0.2, 0.25) is 0 Å². The Morgan fingerprint density at radius 1 is 1.25 bits per heavy atom. The van der Waals surface area contributed by atoms with Gasteiger partial charge in [0, 0.05) is 13.1 Å². The van der Waals surface area contributed by atoms with Crippen molar-refractivity contribution >= 4 is 11.9 Å². The van der Waals surface area contributed by atoms with Crippen LogP contribution in [0.4, 0.5) is 0 Å². The molecule has 5 nitrogen and oxygen atoms in total. The van der Waals surface area contributed by atoms with E-state index in [1.54, 1.807) is 4.90 Å². The first kappa shape index (κ1) is 11.4. The third-order valence-electron chi connectivity index (χ3n) is 3.48. The number of carboxylic acid groups (broad SMARTS) is 1. The molecule has 0 aromatic heterocycles. The number of likely N-dealkylation sites (tertiary alicyclic amines) is 1. The Kier molecular flexibility index (Phi) is 3.43. The van der Waals surface area contributed by atoms with Gasteiger partial charge < -0.3 is 15.3 Å². The second kappa shape index (κ2) is 4.82. The Bertz CT molecular complexity index is 287. The number of piperidine rings is 1. The van der Waals surface area contributed by atoms with E-state index in [2.05, 4.69) is 5.32 Å². The first-order chi connectivity index (χ1) is 7.70. The number of amides is 1. The summed E-state index contributed by atoms with van der Waals surface area (Å²) >= 11 is 0. The van der Waals surface area contributed by atoms with Crippen LogP contribution >= 0.6 is 0 Å². The van der Waals surface area contributed by atoms with Crippen LogP contribution in [0.5, 0.6) is 0 Å². The molecule has 0 saturated carbocycles. The number of hydrogen-bond donors (Lipinski definition) is 2. The van der Waals surface area contributed by atoms with Crippen LogP contribution in [0.25, 0.3) is 0 Å². The maximum absolute atomic E-state index is 12.1. The van der Waals surface area contributed by atoms with Crippen molar-refractivity contribution in [2.75, 3.05) is 19.6 Å². The van der Waals surface area contributed by atoms with E-state index in [1.165, 1.54) is 0 Å². The van der Waals surface area contributed by atoms with Gasteiger partial charge in [0.2, 0.25) is 5.91 Å². The van der Waals surface area contributed by atoms with E-state index in [0.29, 0.717) is 19.5 Å². The maximum Gasteiger partial charge on any atom is 0.326 e. The minimum atomic E-state index is -0.862. The molecule has 2 saturated heterocycles. The highest BCUT2D eigenvalue weighted by atomic mass is 16.4. The summed E-state index contributed by atoms with van der Waals surface area (Å²) in [5, 5.41) is 12.2. The largest absolute Gasteiger partial charge is 0.480 e. The minimum absolute atomic E-state index is 0.0139. The highest BCUT2D eigenvalue weighted by Gasteiger charge is 2.36. The number of carbonyl (C=O) groups is 2. The van der Waals surface area contributed by atoms with Crippen LogP contribution < -0.4 is 5.32 Å². The van der Waals surface area contributed by atoms with Crippen molar-refractivity contribution in [2.24, 2.45) is 5.92 Å². The van der Waals surface area contributed by atoms with Gasteiger partial charge in [0.15, 0.2) is 0 Å². The second-order valence-corrected chi connectivity index (χ2v) is 4.57. The first-order valence-corrected chi connectivity index (χ1v) is 5.94.